The molecule has 2 N–H and O–H groups in total. The number of halogens is 1. The number of aromatic amines is 1. The normalized spacial score (nSPS) is 14.6. The zero-order chi connectivity index (χ0) is 20.7. The second-order valence-corrected chi connectivity index (χ2v) is 7.42. The van der Waals surface area contributed by atoms with E-state index in [1.807, 2.05) is 13.0 Å². The molecule has 1 aliphatic rings. The summed E-state index contributed by atoms with van der Waals surface area (Å²) in [7, 11) is 0. The molecule has 2 aromatic carbocycles. The molecule has 0 spiro atoms. The van der Waals surface area contributed by atoms with Gasteiger partial charge in [-0.05, 0) is 61.6 Å². The predicted octanol–water partition coefficient (Wildman–Crippen LogP) is 4.22. The number of aromatic hydroxyl groups is 1. The van der Waals surface area contributed by atoms with E-state index >= 15 is 0 Å². The summed E-state index contributed by atoms with van der Waals surface area (Å²) in [6.07, 6.45) is 1.34. The van der Waals surface area contributed by atoms with Crippen LogP contribution in [0.25, 0.3) is 11.8 Å². The number of aryl methyl sites for hydroxylation is 1. The molecule has 8 heteroatoms. The number of aromatic nitrogens is 2. The highest BCUT2D eigenvalue weighted by Crippen LogP contribution is 2.30. The van der Waals surface area contributed by atoms with Gasteiger partial charge in [0.2, 0.25) is 5.88 Å². The number of H-pyrrole nitrogens is 1. The average Bonchev–Trinajstić information content (AvgIpc) is 2.68. The standard InChI is InChI=1S/C21H15ClN2O4S/c1-11-2-7-17-15(8-11)18(25)12(10-28-17)9-16-19(26)23-21(29)24(20(16)27)14-5-3-13(22)4-6-14/h2-9,27H,10H2,1H3,(H,23,26,29). The molecular weight excluding hydrogens is 412 g/mol. The summed E-state index contributed by atoms with van der Waals surface area (Å²) in [4.78, 5) is 27.9. The first-order valence-corrected chi connectivity index (χ1v) is 9.47. The smallest absolute Gasteiger partial charge is 0.262 e. The van der Waals surface area contributed by atoms with Gasteiger partial charge in [-0.1, -0.05) is 23.2 Å². The van der Waals surface area contributed by atoms with Crippen LogP contribution in [0.1, 0.15) is 21.5 Å². The zero-order valence-corrected chi connectivity index (χ0v) is 16.8. The van der Waals surface area contributed by atoms with Crippen LogP contribution in [-0.4, -0.2) is 27.0 Å². The number of fused-ring (bicyclic) bond motifs is 1. The Morgan fingerprint density at radius 2 is 1.93 bits per heavy atom. The highest BCUT2D eigenvalue weighted by atomic mass is 35.5. The Labute approximate surface area is 175 Å². The quantitative estimate of drug-likeness (QED) is 0.473. The van der Waals surface area contributed by atoms with Crippen LogP contribution in [0, 0.1) is 11.7 Å². The van der Waals surface area contributed by atoms with Crippen LogP contribution >= 0.6 is 23.8 Å². The number of rotatable bonds is 2. The van der Waals surface area contributed by atoms with Crippen LogP contribution < -0.4 is 10.3 Å². The van der Waals surface area contributed by atoms with Crippen molar-refractivity contribution in [1.82, 2.24) is 9.55 Å². The van der Waals surface area contributed by atoms with E-state index in [0.717, 1.165) is 5.56 Å². The number of carbonyl (C=O) groups excluding carboxylic acids is 1. The third-order valence-corrected chi connectivity index (χ3v) is 5.12. The number of carbonyl (C=O) groups is 1. The van der Waals surface area contributed by atoms with Crippen molar-refractivity contribution in [3.05, 3.63) is 84.9 Å². The number of hydrogen-bond acceptors (Lipinski definition) is 5. The molecule has 2 heterocycles. The minimum absolute atomic E-state index is 0.00958. The van der Waals surface area contributed by atoms with Crippen LogP contribution in [0.3, 0.4) is 0 Å². The average molecular weight is 427 g/mol. The number of nitrogens with zero attached hydrogens (tertiary/aromatic N) is 1. The first kappa shape index (κ1) is 19.2. The lowest BCUT2D eigenvalue weighted by molar-refractivity contribution is 0.100. The van der Waals surface area contributed by atoms with Crippen molar-refractivity contribution in [3.63, 3.8) is 0 Å². The molecule has 0 aliphatic carbocycles. The van der Waals surface area contributed by atoms with Crippen molar-refractivity contribution in [2.24, 2.45) is 0 Å². The third kappa shape index (κ3) is 3.50. The van der Waals surface area contributed by atoms with Gasteiger partial charge in [-0.25, -0.2) is 0 Å². The SMILES string of the molecule is Cc1ccc2c(c1)C(=O)C(=Cc1c(O)n(-c3ccc(Cl)cc3)c(=S)[nH]c1=O)CO2. The van der Waals surface area contributed by atoms with Crippen molar-refractivity contribution >= 4 is 35.7 Å². The lowest BCUT2D eigenvalue weighted by atomic mass is 9.97. The fourth-order valence-corrected chi connectivity index (χ4v) is 3.53. The maximum atomic E-state index is 12.9. The lowest BCUT2D eigenvalue weighted by Crippen LogP contribution is -2.21. The van der Waals surface area contributed by atoms with Crippen LogP contribution in [-0.2, 0) is 0 Å². The molecule has 0 saturated heterocycles. The maximum Gasteiger partial charge on any atom is 0.262 e. The zero-order valence-electron chi connectivity index (χ0n) is 15.2. The van der Waals surface area contributed by atoms with Gasteiger partial charge in [-0.2, -0.15) is 0 Å². The van der Waals surface area contributed by atoms with E-state index in [1.54, 1.807) is 36.4 Å². The van der Waals surface area contributed by atoms with Gasteiger partial charge >= 0.3 is 0 Å². The van der Waals surface area contributed by atoms with E-state index in [4.69, 9.17) is 28.6 Å². The van der Waals surface area contributed by atoms with Crippen LogP contribution in [0.15, 0.2) is 52.8 Å². The van der Waals surface area contributed by atoms with Gasteiger partial charge in [-0.3, -0.25) is 19.1 Å². The van der Waals surface area contributed by atoms with Gasteiger partial charge in [0.25, 0.3) is 5.56 Å². The first-order valence-electron chi connectivity index (χ1n) is 8.68. The van der Waals surface area contributed by atoms with Gasteiger partial charge in [-0.15, -0.1) is 0 Å². The fourth-order valence-electron chi connectivity index (χ4n) is 3.12. The Morgan fingerprint density at radius 3 is 2.66 bits per heavy atom. The van der Waals surface area contributed by atoms with E-state index < -0.39 is 5.56 Å². The summed E-state index contributed by atoms with van der Waals surface area (Å²) >= 11 is 11.1. The third-order valence-electron chi connectivity index (χ3n) is 4.58. The van der Waals surface area contributed by atoms with Crippen LogP contribution in [0.5, 0.6) is 11.6 Å². The Hall–Kier alpha value is -3.16. The van der Waals surface area contributed by atoms with Crippen molar-refractivity contribution in [2.45, 2.75) is 6.92 Å². The Kier molecular flexibility index (Phi) is 4.86. The Bertz CT molecular complexity index is 1290. The molecule has 0 radical (unpaired) electrons. The largest absolute Gasteiger partial charge is 0.494 e. The summed E-state index contributed by atoms with van der Waals surface area (Å²) in [5.41, 5.74) is 1.41. The summed E-state index contributed by atoms with van der Waals surface area (Å²) < 4.78 is 6.96. The molecule has 1 aliphatic heterocycles. The monoisotopic (exact) mass is 426 g/mol. The molecule has 6 nitrogen and oxygen atoms in total. The van der Waals surface area contributed by atoms with Gasteiger partial charge in [0, 0.05) is 10.6 Å². The van der Waals surface area contributed by atoms with Crippen molar-refractivity contribution in [3.8, 4) is 17.3 Å². The molecule has 0 bridgehead atoms. The molecule has 0 unspecified atom stereocenters. The van der Waals surface area contributed by atoms with E-state index in [2.05, 4.69) is 4.98 Å². The number of ether oxygens (including phenoxy) is 1. The van der Waals surface area contributed by atoms with Crippen molar-refractivity contribution in [1.29, 1.82) is 0 Å². The van der Waals surface area contributed by atoms with Gasteiger partial charge in [0.15, 0.2) is 10.6 Å². The Balaban J connectivity index is 1.85. The molecule has 4 rings (SSSR count). The molecule has 1 aromatic heterocycles. The lowest BCUT2D eigenvalue weighted by Gasteiger charge is -2.19. The van der Waals surface area contributed by atoms with Crippen molar-refractivity contribution in [2.75, 3.05) is 6.61 Å². The maximum absolute atomic E-state index is 12.9. The number of nitrogens with one attached hydrogen (secondary N) is 1. The van der Waals surface area contributed by atoms with E-state index in [1.165, 1.54) is 10.6 Å². The van der Waals surface area contributed by atoms with Crippen LogP contribution in [0.2, 0.25) is 5.02 Å². The molecular formula is C21H15ClN2O4S. The highest BCUT2D eigenvalue weighted by molar-refractivity contribution is 7.71. The van der Waals surface area contributed by atoms with E-state index in [0.29, 0.717) is 22.0 Å². The number of benzene rings is 2. The summed E-state index contributed by atoms with van der Waals surface area (Å²) in [6, 6.07) is 11.9. The van der Waals surface area contributed by atoms with Gasteiger partial charge in [0.1, 0.15) is 17.9 Å². The molecule has 0 amide bonds. The van der Waals surface area contributed by atoms with Gasteiger partial charge < -0.3 is 9.84 Å². The topological polar surface area (TPSA) is 84.3 Å². The molecule has 29 heavy (non-hydrogen) atoms. The van der Waals surface area contributed by atoms with Gasteiger partial charge in [0.05, 0.1) is 11.3 Å². The molecule has 0 saturated carbocycles. The van der Waals surface area contributed by atoms with Crippen LogP contribution in [0.4, 0.5) is 0 Å². The molecule has 0 fully saturated rings. The van der Waals surface area contributed by atoms with Crippen molar-refractivity contribution < 1.29 is 14.6 Å². The van der Waals surface area contributed by atoms with E-state index in [-0.39, 0.29) is 34.2 Å². The minimum Gasteiger partial charge on any atom is -0.494 e. The summed E-state index contributed by atoms with van der Waals surface area (Å²) in [5.74, 6) is -0.140. The number of Topliss-reactive ketones (excluding diaryl/α,β-unsaturated/α-hetero) is 1. The Morgan fingerprint density at radius 1 is 1.21 bits per heavy atom. The second kappa shape index (κ2) is 7.35. The summed E-state index contributed by atoms with van der Waals surface area (Å²) in [6.45, 7) is 1.86. The first-order chi connectivity index (χ1) is 13.8. The fraction of sp³-hybridized carbons (Fsp3) is 0.0952. The van der Waals surface area contributed by atoms with E-state index in [9.17, 15) is 14.7 Å². The number of hydrogen-bond donors (Lipinski definition) is 2. The second-order valence-electron chi connectivity index (χ2n) is 6.60. The molecule has 0 atom stereocenters. The number of ketones is 1. The predicted molar refractivity (Wildman–Crippen MR) is 113 cm³/mol. The highest BCUT2D eigenvalue weighted by Gasteiger charge is 2.24. The molecule has 3 aromatic rings. The molecule has 146 valence electrons. The summed E-state index contributed by atoms with van der Waals surface area (Å²) in [5, 5.41) is 11.3. The minimum atomic E-state index is -0.604.